The van der Waals surface area contributed by atoms with Crippen molar-refractivity contribution in [1.29, 1.82) is 0 Å². The molecule has 1 atom stereocenters. The van der Waals surface area contributed by atoms with Gasteiger partial charge in [0.1, 0.15) is 11.5 Å². The molecule has 1 unspecified atom stereocenters. The third kappa shape index (κ3) is 2.65. The minimum Gasteiger partial charge on any atom is -0.373 e. The lowest BCUT2D eigenvalue weighted by Crippen LogP contribution is -2.32. The topological polar surface area (TPSA) is 64.9 Å². The van der Waals surface area contributed by atoms with Crippen molar-refractivity contribution in [2.45, 2.75) is 25.4 Å². The van der Waals surface area contributed by atoms with Gasteiger partial charge in [-0.2, -0.15) is 0 Å². The number of imidazole rings is 1. The van der Waals surface area contributed by atoms with Crippen LogP contribution in [0.5, 0.6) is 0 Å². The molecule has 6 nitrogen and oxygen atoms in total. The smallest absolute Gasteiger partial charge is 0.160 e. The Labute approximate surface area is 118 Å². The van der Waals surface area contributed by atoms with Crippen LogP contribution in [0, 0.1) is 0 Å². The molecule has 1 N–H and O–H groups in total. The Kier molecular flexibility index (Phi) is 3.40. The minimum atomic E-state index is -0.0833. The molecule has 0 saturated carbocycles. The van der Waals surface area contributed by atoms with Gasteiger partial charge in [-0.05, 0) is 31.9 Å². The SMILES string of the molecule is Cn1ccnc1-c1ccc(NCC2(C)CCCO2)nn1. The molecule has 20 heavy (non-hydrogen) atoms. The highest BCUT2D eigenvalue weighted by Gasteiger charge is 2.29. The van der Waals surface area contributed by atoms with Crippen molar-refractivity contribution in [3.05, 3.63) is 24.5 Å². The highest BCUT2D eigenvalue weighted by Crippen LogP contribution is 2.25. The highest BCUT2D eigenvalue weighted by atomic mass is 16.5. The number of rotatable bonds is 4. The molecule has 6 heteroatoms. The molecule has 1 aliphatic heterocycles. The molecule has 0 radical (unpaired) electrons. The third-order valence-electron chi connectivity index (χ3n) is 3.66. The maximum atomic E-state index is 5.74. The summed E-state index contributed by atoms with van der Waals surface area (Å²) < 4.78 is 7.66. The number of nitrogens with one attached hydrogen (secondary N) is 1. The van der Waals surface area contributed by atoms with E-state index in [-0.39, 0.29) is 5.60 Å². The number of nitrogens with zero attached hydrogens (tertiary/aromatic N) is 4. The molecular weight excluding hydrogens is 254 g/mol. The Morgan fingerprint density at radius 3 is 2.90 bits per heavy atom. The van der Waals surface area contributed by atoms with Crippen molar-refractivity contribution < 1.29 is 4.74 Å². The molecule has 1 saturated heterocycles. The van der Waals surface area contributed by atoms with Gasteiger partial charge >= 0.3 is 0 Å². The standard InChI is InChI=1S/C14H19N5O/c1-14(6-3-9-20-14)10-16-12-5-4-11(17-18-12)13-15-7-8-19(13)2/h4-5,7-8H,3,6,9-10H2,1-2H3,(H,16,18). The van der Waals surface area contributed by atoms with E-state index in [9.17, 15) is 0 Å². The summed E-state index contributed by atoms with van der Waals surface area (Å²) in [6.45, 7) is 3.73. The zero-order valence-electron chi connectivity index (χ0n) is 11.8. The van der Waals surface area contributed by atoms with Crippen LogP contribution in [0.1, 0.15) is 19.8 Å². The second kappa shape index (κ2) is 5.20. The number of aryl methyl sites for hydroxylation is 1. The first-order chi connectivity index (χ1) is 9.66. The Morgan fingerprint density at radius 2 is 2.30 bits per heavy atom. The second-order valence-corrected chi connectivity index (χ2v) is 5.42. The predicted octanol–water partition coefficient (Wildman–Crippen LogP) is 1.86. The third-order valence-corrected chi connectivity index (χ3v) is 3.66. The van der Waals surface area contributed by atoms with Crippen molar-refractivity contribution in [3.63, 3.8) is 0 Å². The van der Waals surface area contributed by atoms with Crippen LogP contribution in [-0.2, 0) is 11.8 Å². The molecule has 3 rings (SSSR count). The van der Waals surface area contributed by atoms with Gasteiger partial charge in [0.15, 0.2) is 5.82 Å². The van der Waals surface area contributed by atoms with E-state index in [1.807, 2.05) is 29.9 Å². The summed E-state index contributed by atoms with van der Waals surface area (Å²) in [5, 5.41) is 11.7. The van der Waals surface area contributed by atoms with E-state index in [2.05, 4.69) is 27.4 Å². The summed E-state index contributed by atoms with van der Waals surface area (Å²) >= 11 is 0. The summed E-state index contributed by atoms with van der Waals surface area (Å²) in [6, 6.07) is 3.85. The van der Waals surface area contributed by atoms with Crippen LogP contribution >= 0.6 is 0 Å². The molecule has 1 aliphatic rings. The number of hydrogen-bond acceptors (Lipinski definition) is 5. The molecule has 106 valence electrons. The van der Waals surface area contributed by atoms with Crippen LogP contribution in [0.15, 0.2) is 24.5 Å². The monoisotopic (exact) mass is 273 g/mol. The molecule has 1 fully saturated rings. The first-order valence-electron chi connectivity index (χ1n) is 6.86. The Bertz CT molecular complexity index is 572. The van der Waals surface area contributed by atoms with E-state index in [0.29, 0.717) is 0 Å². The quantitative estimate of drug-likeness (QED) is 0.921. The van der Waals surface area contributed by atoms with Crippen molar-refractivity contribution in [3.8, 4) is 11.5 Å². The average molecular weight is 273 g/mol. The molecule has 2 aromatic heterocycles. The fourth-order valence-corrected chi connectivity index (χ4v) is 2.41. The molecule has 0 bridgehead atoms. The van der Waals surface area contributed by atoms with Crippen molar-refractivity contribution >= 4 is 5.82 Å². The van der Waals surface area contributed by atoms with E-state index >= 15 is 0 Å². The van der Waals surface area contributed by atoms with E-state index in [1.165, 1.54) is 0 Å². The summed E-state index contributed by atoms with van der Waals surface area (Å²) in [7, 11) is 1.94. The first kappa shape index (κ1) is 13.1. The van der Waals surface area contributed by atoms with Gasteiger partial charge in [0, 0.05) is 32.6 Å². The van der Waals surface area contributed by atoms with Crippen LogP contribution in [0.25, 0.3) is 11.5 Å². The lowest BCUT2D eigenvalue weighted by atomic mass is 10.0. The fraction of sp³-hybridized carbons (Fsp3) is 0.500. The van der Waals surface area contributed by atoms with Gasteiger partial charge < -0.3 is 14.6 Å². The normalized spacial score (nSPS) is 22.1. The lowest BCUT2D eigenvalue weighted by molar-refractivity contribution is 0.0314. The van der Waals surface area contributed by atoms with Gasteiger partial charge in [-0.15, -0.1) is 10.2 Å². The van der Waals surface area contributed by atoms with E-state index in [4.69, 9.17) is 4.74 Å². The summed E-state index contributed by atoms with van der Waals surface area (Å²) in [6.07, 6.45) is 5.85. The van der Waals surface area contributed by atoms with Gasteiger partial charge in [0.2, 0.25) is 0 Å². The number of hydrogen-bond donors (Lipinski definition) is 1. The number of ether oxygens (including phenoxy) is 1. The van der Waals surface area contributed by atoms with Crippen LogP contribution in [0.3, 0.4) is 0 Å². The van der Waals surface area contributed by atoms with Crippen LogP contribution in [0.2, 0.25) is 0 Å². The zero-order valence-corrected chi connectivity index (χ0v) is 11.8. The molecule has 0 amide bonds. The Balaban J connectivity index is 1.66. The van der Waals surface area contributed by atoms with E-state index in [1.54, 1.807) is 6.20 Å². The summed E-state index contributed by atoms with van der Waals surface area (Å²) in [5.41, 5.74) is 0.686. The van der Waals surface area contributed by atoms with Gasteiger partial charge in [-0.1, -0.05) is 0 Å². The van der Waals surface area contributed by atoms with Gasteiger partial charge in [-0.3, -0.25) is 0 Å². The number of aromatic nitrogens is 4. The Hall–Kier alpha value is -1.95. The van der Waals surface area contributed by atoms with Crippen LogP contribution in [-0.4, -0.2) is 38.5 Å². The van der Waals surface area contributed by atoms with E-state index < -0.39 is 0 Å². The molecule has 0 aromatic carbocycles. The van der Waals surface area contributed by atoms with Crippen molar-refractivity contribution in [2.24, 2.45) is 7.05 Å². The lowest BCUT2D eigenvalue weighted by Gasteiger charge is -2.23. The molecule has 3 heterocycles. The van der Waals surface area contributed by atoms with Crippen molar-refractivity contribution in [1.82, 2.24) is 19.7 Å². The van der Waals surface area contributed by atoms with Gasteiger partial charge in [0.05, 0.1) is 5.60 Å². The Morgan fingerprint density at radius 1 is 1.40 bits per heavy atom. The second-order valence-electron chi connectivity index (χ2n) is 5.42. The molecule has 0 spiro atoms. The van der Waals surface area contributed by atoms with E-state index in [0.717, 1.165) is 43.3 Å². The molecule has 0 aliphatic carbocycles. The van der Waals surface area contributed by atoms with Crippen LogP contribution < -0.4 is 5.32 Å². The maximum absolute atomic E-state index is 5.74. The molecular formula is C14H19N5O. The zero-order chi connectivity index (χ0) is 14.0. The average Bonchev–Trinajstić information content (AvgIpc) is 3.07. The maximum Gasteiger partial charge on any atom is 0.160 e. The predicted molar refractivity (Wildman–Crippen MR) is 76.3 cm³/mol. The summed E-state index contributed by atoms with van der Waals surface area (Å²) in [5.74, 6) is 1.58. The fourth-order valence-electron chi connectivity index (χ4n) is 2.41. The van der Waals surface area contributed by atoms with Gasteiger partial charge in [-0.25, -0.2) is 4.98 Å². The number of anilines is 1. The highest BCUT2D eigenvalue weighted by molar-refractivity contribution is 5.51. The minimum absolute atomic E-state index is 0.0833. The first-order valence-corrected chi connectivity index (χ1v) is 6.86. The molecule has 2 aromatic rings. The van der Waals surface area contributed by atoms with Gasteiger partial charge in [0.25, 0.3) is 0 Å². The largest absolute Gasteiger partial charge is 0.373 e. The van der Waals surface area contributed by atoms with Crippen molar-refractivity contribution in [2.75, 3.05) is 18.5 Å². The summed E-state index contributed by atoms with van der Waals surface area (Å²) in [4.78, 5) is 4.26. The van der Waals surface area contributed by atoms with Crippen LogP contribution in [0.4, 0.5) is 5.82 Å².